The van der Waals surface area contributed by atoms with Gasteiger partial charge in [-0.15, -0.1) is 12.4 Å². The molecule has 2 N–H and O–H groups in total. The van der Waals surface area contributed by atoms with Crippen molar-refractivity contribution in [3.05, 3.63) is 47.0 Å². The normalized spacial score (nSPS) is 17.1. The predicted octanol–water partition coefficient (Wildman–Crippen LogP) is 5.39. The fourth-order valence-electron chi connectivity index (χ4n) is 4.47. The van der Waals surface area contributed by atoms with E-state index in [1.54, 1.807) is 33.5 Å². The summed E-state index contributed by atoms with van der Waals surface area (Å²) >= 11 is 5.97. The first-order chi connectivity index (χ1) is 15.9. The molecule has 2 aromatic rings. The van der Waals surface area contributed by atoms with Crippen LogP contribution < -0.4 is 24.8 Å². The van der Waals surface area contributed by atoms with Gasteiger partial charge >= 0.3 is 6.03 Å². The number of benzene rings is 2. The molecule has 0 aromatic heterocycles. The van der Waals surface area contributed by atoms with Crippen LogP contribution in [0.15, 0.2) is 36.4 Å². The molecule has 1 saturated carbocycles. The number of urea groups is 1. The van der Waals surface area contributed by atoms with E-state index in [2.05, 4.69) is 34.7 Å². The number of amides is 2. The van der Waals surface area contributed by atoms with E-state index in [-0.39, 0.29) is 24.5 Å². The summed E-state index contributed by atoms with van der Waals surface area (Å²) in [6, 6.07) is 11.6. The molecule has 34 heavy (non-hydrogen) atoms. The lowest BCUT2D eigenvalue weighted by Gasteiger charge is -2.30. The molecule has 3 rings (SSSR count). The summed E-state index contributed by atoms with van der Waals surface area (Å²) in [6.45, 7) is 0.972. The SMILES string of the molecule is COc1cc(NC(=O)N[C@@H]2CCC[C@H]2N(C)CCCc2ccc(Cl)cc2)cc(OC)c1OC.Cl. The Morgan fingerprint density at radius 2 is 1.71 bits per heavy atom. The standard InChI is InChI=1S/C25H34ClN3O4.ClH/c1-29(14-6-7-17-10-12-18(26)13-11-17)21-9-5-8-20(21)28-25(30)27-19-15-22(31-2)24(33-4)23(16-19)32-3;/h10-13,15-16,20-21H,5-9,14H2,1-4H3,(H2,27,28,30);1H/t20-,21-;/m1./s1. The molecule has 0 bridgehead atoms. The van der Waals surface area contributed by atoms with Gasteiger partial charge in [0.1, 0.15) is 0 Å². The third kappa shape index (κ3) is 7.32. The van der Waals surface area contributed by atoms with Crippen molar-refractivity contribution in [3.8, 4) is 17.2 Å². The highest BCUT2D eigenvalue weighted by Gasteiger charge is 2.31. The average Bonchev–Trinajstić information content (AvgIpc) is 3.27. The Morgan fingerprint density at radius 3 is 2.29 bits per heavy atom. The molecule has 2 amide bonds. The van der Waals surface area contributed by atoms with Crippen LogP contribution in [0.4, 0.5) is 10.5 Å². The molecule has 0 radical (unpaired) electrons. The quantitative estimate of drug-likeness (QED) is 0.447. The van der Waals surface area contributed by atoms with Crippen LogP contribution in [0.2, 0.25) is 5.02 Å². The van der Waals surface area contributed by atoms with Crippen molar-refractivity contribution in [1.29, 1.82) is 0 Å². The Kier molecular flexibility index (Phi) is 11.1. The monoisotopic (exact) mass is 511 g/mol. The van der Waals surface area contributed by atoms with E-state index >= 15 is 0 Å². The third-order valence-corrected chi connectivity index (χ3v) is 6.43. The van der Waals surface area contributed by atoms with Crippen LogP contribution in [0, 0.1) is 0 Å². The molecular weight excluding hydrogens is 477 g/mol. The second kappa shape index (κ2) is 13.5. The molecular formula is C25H35Cl2N3O4. The van der Waals surface area contributed by atoms with Gasteiger partial charge in [0, 0.05) is 29.2 Å². The topological polar surface area (TPSA) is 72.1 Å². The lowest BCUT2D eigenvalue weighted by atomic mass is 10.1. The first kappa shape index (κ1) is 27.9. The van der Waals surface area contributed by atoms with Gasteiger partial charge in [-0.3, -0.25) is 0 Å². The Morgan fingerprint density at radius 1 is 1.06 bits per heavy atom. The summed E-state index contributed by atoms with van der Waals surface area (Å²) in [5.74, 6) is 1.47. The van der Waals surface area contributed by atoms with Crippen molar-refractivity contribution < 1.29 is 19.0 Å². The van der Waals surface area contributed by atoms with Gasteiger partial charge in [0.15, 0.2) is 11.5 Å². The maximum Gasteiger partial charge on any atom is 0.319 e. The highest BCUT2D eigenvalue weighted by molar-refractivity contribution is 6.30. The fourth-order valence-corrected chi connectivity index (χ4v) is 4.60. The van der Waals surface area contributed by atoms with Crippen molar-refractivity contribution in [2.24, 2.45) is 0 Å². The van der Waals surface area contributed by atoms with E-state index in [0.717, 1.165) is 43.7 Å². The number of methoxy groups -OCH3 is 3. The highest BCUT2D eigenvalue weighted by atomic mass is 35.5. The van der Waals surface area contributed by atoms with Crippen LogP contribution in [0.3, 0.4) is 0 Å². The van der Waals surface area contributed by atoms with Gasteiger partial charge in [-0.1, -0.05) is 23.7 Å². The molecule has 2 aromatic carbocycles. The van der Waals surface area contributed by atoms with E-state index in [4.69, 9.17) is 25.8 Å². The molecule has 188 valence electrons. The minimum absolute atomic E-state index is 0. The summed E-state index contributed by atoms with van der Waals surface area (Å²) in [7, 11) is 6.79. The fraction of sp³-hybridized carbons (Fsp3) is 0.480. The maximum absolute atomic E-state index is 12.8. The Balaban J connectivity index is 0.00000408. The average molecular weight is 512 g/mol. The smallest absolute Gasteiger partial charge is 0.319 e. The second-order valence-corrected chi connectivity index (χ2v) is 8.76. The number of rotatable bonds is 10. The van der Waals surface area contributed by atoms with Gasteiger partial charge in [-0.25, -0.2) is 4.79 Å². The number of carbonyl (C=O) groups excluding carboxylic acids is 1. The first-order valence-corrected chi connectivity index (χ1v) is 11.6. The summed E-state index contributed by atoms with van der Waals surface area (Å²) < 4.78 is 16.1. The van der Waals surface area contributed by atoms with Crippen molar-refractivity contribution in [3.63, 3.8) is 0 Å². The number of aryl methyl sites for hydroxylation is 1. The van der Waals surface area contributed by atoms with E-state index in [1.165, 1.54) is 5.56 Å². The molecule has 0 heterocycles. The zero-order valence-electron chi connectivity index (χ0n) is 20.2. The highest BCUT2D eigenvalue weighted by Crippen LogP contribution is 2.40. The van der Waals surface area contributed by atoms with Gasteiger partial charge in [-0.05, 0) is 63.4 Å². The van der Waals surface area contributed by atoms with Crippen LogP contribution in [0.25, 0.3) is 0 Å². The van der Waals surface area contributed by atoms with E-state index < -0.39 is 0 Å². The Hall–Kier alpha value is -2.35. The minimum atomic E-state index is -0.240. The Bertz CT molecular complexity index is 902. The molecule has 0 aliphatic heterocycles. The van der Waals surface area contributed by atoms with Gasteiger partial charge in [0.25, 0.3) is 0 Å². The second-order valence-electron chi connectivity index (χ2n) is 8.33. The Labute approximate surface area is 213 Å². The zero-order valence-corrected chi connectivity index (χ0v) is 21.8. The number of hydrogen-bond acceptors (Lipinski definition) is 5. The number of hydrogen-bond donors (Lipinski definition) is 2. The van der Waals surface area contributed by atoms with Crippen molar-refractivity contribution in [2.75, 3.05) is 40.2 Å². The molecule has 0 saturated heterocycles. The van der Waals surface area contributed by atoms with Crippen LogP contribution in [0.5, 0.6) is 17.2 Å². The summed E-state index contributed by atoms with van der Waals surface area (Å²) in [4.78, 5) is 15.1. The molecule has 1 aliphatic carbocycles. The van der Waals surface area contributed by atoms with Crippen LogP contribution in [-0.4, -0.2) is 57.9 Å². The zero-order chi connectivity index (χ0) is 23.8. The van der Waals surface area contributed by atoms with Crippen molar-refractivity contribution in [2.45, 2.75) is 44.2 Å². The molecule has 0 spiro atoms. The van der Waals surface area contributed by atoms with Crippen LogP contribution in [-0.2, 0) is 6.42 Å². The van der Waals surface area contributed by atoms with Crippen molar-refractivity contribution in [1.82, 2.24) is 10.2 Å². The number of ether oxygens (including phenoxy) is 3. The van der Waals surface area contributed by atoms with E-state index in [9.17, 15) is 4.79 Å². The van der Waals surface area contributed by atoms with Gasteiger partial charge in [0.05, 0.1) is 27.0 Å². The molecule has 7 nitrogen and oxygen atoms in total. The van der Waals surface area contributed by atoms with Gasteiger partial charge in [-0.2, -0.15) is 0 Å². The van der Waals surface area contributed by atoms with Crippen LogP contribution >= 0.6 is 24.0 Å². The van der Waals surface area contributed by atoms with Gasteiger partial charge in [0.2, 0.25) is 5.75 Å². The molecule has 2 atom stereocenters. The van der Waals surface area contributed by atoms with E-state index in [1.807, 2.05) is 12.1 Å². The van der Waals surface area contributed by atoms with E-state index in [0.29, 0.717) is 29.0 Å². The summed E-state index contributed by atoms with van der Waals surface area (Å²) in [5.41, 5.74) is 1.87. The maximum atomic E-state index is 12.8. The minimum Gasteiger partial charge on any atom is -0.493 e. The van der Waals surface area contributed by atoms with Gasteiger partial charge < -0.3 is 29.7 Å². The van der Waals surface area contributed by atoms with Crippen LogP contribution in [0.1, 0.15) is 31.2 Å². The van der Waals surface area contributed by atoms with Crippen molar-refractivity contribution >= 4 is 35.7 Å². The first-order valence-electron chi connectivity index (χ1n) is 11.3. The number of carbonyl (C=O) groups is 1. The number of nitrogens with zero attached hydrogens (tertiary/aromatic N) is 1. The number of likely N-dealkylation sites (N-methyl/N-ethyl adjacent to an activating group) is 1. The molecule has 1 aliphatic rings. The lowest BCUT2D eigenvalue weighted by Crippen LogP contribution is -2.48. The molecule has 0 unspecified atom stereocenters. The third-order valence-electron chi connectivity index (χ3n) is 6.17. The largest absolute Gasteiger partial charge is 0.493 e. The number of halogens is 2. The molecule has 1 fully saturated rings. The number of nitrogens with one attached hydrogen (secondary N) is 2. The summed E-state index contributed by atoms with van der Waals surface area (Å²) in [5, 5.41) is 6.82. The summed E-state index contributed by atoms with van der Waals surface area (Å²) in [6.07, 6.45) is 5.20. The lowest BCUT2D eigenvalue weighted by molar-refractivity contribution is 0.205. The predicted molar refractivity (Wildman–Crippen MR) is 139 cm³/mol. The number of anilines is 1. The molecule has 9 heteroatoms.